The standard InChI is InChI=1S/C14H26N2O2/c1-12(14(17)18-3)8-9-15-10-11-16(2)13-6-4-5-7-13/h8,13,15H,4-7,9-11H2,1-3H3. The monoisotopic (exact) mass is 254 g/mol. The molecule has 1 saturated carbocycles. The van der Waals surface area contributed by atoms with E-state index in [0.29, 0.717) is 5.57 Å². The van der Waals surface area contributed by atoms with Crippen LogP contribution in [0.1, 0.15) is 32.6 Å². The van der Waals surface area contributed by atoms with E-state index >= 15 is 0 Å². The smallest absolute Gasteiger partial charge is 0.333 e. The quantitative estimate of drug-likeness (QED) is 0.425. The lowest BCUT2D eigenvalue weighted by Gasteiger charge is -2.23. The average Bonchev–Trinajstić information content (AvgIpc) is 2.90. The second-order valence-corrected chi connectivity index (χ2v) is 5.00. The molecule has 0 aromatic carbocycles. The van der Waals surface area contributed by atoms with Gasteiger partial charge in [0.15, 0.2) is 0 Å². The Morgan fingerprint density at radius 3 is 2.72 bits per heavy atom. The van der Waals surface area contributed by atoms with Gasteiger partial charge in [-0.15, -0.1) is 0 Å². The molecule has 0 aliphatic heterocycles. The Morgan fingerprint density at radius 2 is 2.11 bits per heavy atom. The number of rotatable bonds is 7. The van der Waals surface area contributed by atoms with Crippen molar-refractivity contribution in [3.8, 4) is 0 Å². The molecule has 0 saturated heterocycles. The molecular formula is C14H26N2O2. The Balaban J connectivity index is 2.09. The van der Waals surface area contributed by atoms with E-state index in [4.69, 9.17) is 0 Å². The summed E-state index contributed by atoms with van der Waals surface area (Å²) in [6.45, 7) is 4.52. The molecule has 1 aliphatic carbocycles. The van der Waals surface area contributed by atoms with Crippen LogP contribution in [-0.2, 0) is 9.53 Å². The first-order valence-electron chi connectivity index (χ1n) is 6.81. The number of ether oxygens (including phenoxy) is 1. The molecule has 0 heterocycles. The summed E-state index contributed by atoms with van der Waals surface area (Å²) < 4.78 is 4.63. The fraction of sp³-hybridized carbons (Fsp3) is 0.786. The molecule has 0 aromatic heterocycles. The Labute approximate surface area is 110 Å². The summed E-state index contributed by atoms with van der Waals surface area (Å²) in [5.41, 5.74) is 0.661. The van der Waals surface area contributed by atoms with Gasteiger partial charge in [0.1, 0.15) is 0 Å². The topological polar surface area (TPSA) is 41.6 Å². The predicted molar refractivity (Wildman–Crippen MR) is 73.5 cm³/mol. The third-order valence-corrected chi connectivity index (χ3v) is 3.65. The number of hydrogen-bond acceptors (Lipinski definition) is 4. The van der Waals surface area contributed by atoms with Crippen molar-refractivity contribution in [1.29, 1.82) is 0 Å². The highest BCUT2D eigenvalue weighted by atomic mass is 16.5. The fourth-order valence-electron chi connectivity index (χ4n) is 2.35. The fourth-order valence-corrected chi connectivity index (χ4v) is 2.35. The molecule has 18 heavy (non-hydrogen) atoms. The Bertz CT molecular complexity index is 284. The minimum atomic E-state index is -0.250. The van der Waals surface area contributed by atoms with Gasteiger partial charge >= 0.3 is 5.97 Å². The third-order valence-electron chi connectivity index (χ3n) is 3.65. The summed E-state index contributed by atoms with van der Waals surface area (Å²) in [5, 5.41) is 3.32. The highest BCUT2D eigenvalue weighted by molar-refractivity contribution is 5.87. The molecule has 0 atom stereocenters. The van der Waals surface area contributed by atoms with Crippen LogP contribution in [0.15, 0.2) is 11.6 Å². The van der Waals surface area contributed by atoms with Gasteiger partial charge in [0.2, 0.25) is 0 Å². The summed E-state index contributed by atoms with van der Waals surface area (Å²) >= 11 is 0. The Hall–Kier alpha value is -0.870. The molecule has 1 rings (SSSR count). The van der Waals surface area contributed by atoms with Crippen molar-refractivity contribution in [2.75, 3.05) is 33.8 Å². The van der Waals surface area contributed by atoms with E-state index in [0.717, 1.165) is 25.7 Å². The molecule has 1 fully saturated rings. The second-order valence-electron chi connectivity index (χ2n) is 5.00. The van der Waals surface area contributed by atoms with Gasteiger partial charge in [-0.3, -0.25) is 0 Å². The van der Waals surface area contributed by atoms with E-state index in [2.05, 4.69) is 22.0 Å². The van der Waals surface area contributed by atoms with Gasteiger partial charge in [-0.2, -0.15) is 0 Å². The lowest BCUT2D eigenvalue weighted by atomic mass is 10.2. The number of carbonyl (C=O) groups is 1. The molecule has 4 nitrogen and oxygen atoms in total. The Kier molecular flexibility index (Phi) is 6.98. The van der Waals surface area contributed by atoms with E-state index < -0.39 is 0 Å². The van der Waals surface area contributed by atoms with Crippen LogP contribution < -0.4 is 5.32 Å². The van der Waals surface area contributed by atoms with E-state index in [1.807, 2.05) is 6.08 Å². The zero-order chi connectivity index (χ0) is 13.4. The van der Waals surface area contributed by atoms with Crippen LogP contribution in [0.2, 0.25) is 0 Å². The predicted octanol–water partition coefficient (Wildman–Crippen LogP) is 1.57. The third kappa shape index (κ3) is 5.19. The van der Waals surface area contributed by atoms with Crippen molar-refractivity contribution < 1.29 is 9.53 Å². The summed E-state index contributed by atoms with van der Waals surface area (Å²) in [5.74, 6) is -0.250. The van der Waals surface area contributed by atoms with Gasteiger partial charge in [0, 0.05) is 31.2 Å². The number of nitrogens with one attached hydrogen (secondary N) is 1. The number of likely N-dealkylation sites (N-methyl/N-ethyl adjacent to an activating group) is 1. The molecule has 0 aromatic rings. The van der Waals surface area contributed by atoms with E-state index in [1.54, 1.807) is 6.92 Å². The number of carbonyl (C=O) groups excluding carboxylic acids is 1. The zero-order valence-corrected chi connectivity index (χ0v) is 11.9. The lowest BCUT2D eigenvalue weighted by molar-refractivity contribution is -0.136. The molecule has 4 heteroatoms. The maximum atomic E-state index is 11.1. The van der Waals surface area contributed by atoms with E-state index in [-0.39, 0.29) is 5.97 Å². The first kappa shape index (κ1) is 15.2. The van der Waals surface area contributed by atoms with Gasteiger partial charge in [-0.25, -0.2) is 4.79 Å². The molecule has 0 radical (unpaired) electrons. The maximum absolute atomic E-state index is 11.1. The minimum absolute atomic E-state index is 0.250. The maximum Gasteiger partial charge on any atom is 0.333 e. The summed E-state index contributed by atoms with van der Waals surface area (Å²) in [6, 6.07) is 0.777. The van der Waals surface area contributed by atoms with Crippen LogP contribution >= 0.6 is 0 Å². The molecule has 0 unspecified atom stereocenters. The van der Waals surface area contributed by atoms with Gasteiger partial charge < -0.3 is 15.0 Å². The first-order chi connectivity index (χ1) is 8.65. The summed E-state index contributed by atoms with van der Waals surface area (Å²) in [4.78, 5) is 13.6. The van der Waals surface area contributed by atoms with Crippen LogP contribution in [0.4, 0.5) is 0 Å². The molecular weight excluding hydrogens is 228 g/mol. The van der Waals surface area contributed by atoms with E-state index in [9.17, 15) is 4.79 Å². The van der Waals surface area contributed by atoms with Crippen molar-refractivity contribution in [2.24, 2.45) is 0 Å². The second kappa shape index (κ2) is 8.27. The number of nitrogens with zero attached hydrogens (tertiary/aromatic N) is 1. The molecule has 1 N–H and O–H groups in total. The molecule has 104 valence electrons. The van der Waals surface area contributed by atoms with Crippen molar-refractivity contribution in [2.45, 2.75) is 38.6 Å². The molecule has 0 amide bonds. The molecule has 1 aliphatic rings. The minimum Gasteiger partial charge on any atom is -0.466 e. The largest absolute Gasteiger partial charge is 0.466 e. The molecule has 0 bridgehead atoms. The number of esters is 1. The van der Waals surface area contributed by atoms with Crippen LogP contribution in [0, 0.1) is 0 Å². The van der Waals surface area contributed by atoms with Crippen molar-refractivity contribution >= 4 is 5.97 Å². The van der Waals surface area contributed by atoms with Gasteiger partial charge in [-0.1, -0.05) is 18.9 Å². The van der Waals surface area contributed by atoms with Crippen LogP contribution in [0.25, 0.3) is 0 Å². The Morgan fingerprint density at radius 1 is 1.44 bits per heavy atom. The highest BCUT2D eigenvalue weighted by Crippen LogP contribution is 2.21. The van der Waals surface area contributed by atoms with Crippen molar-refractivity contribution in [3.63, 3.8) is 0 Å². The summed E-state index contributed by atoms with van der Waals surface area (Å²) in [7, 11) is 3.61. The summed E-state index contributed by atoms with van der Waals surface area (Å²) in [6.07, 6.45) is 7.32. The average molecular weight is 254 g/mol. The van der Waals surface area contributed by atoms with Gasteiger partial charge in [0.05, 0.1) is 7.11 Å². The normalized spacial score (nSPS) is 17.4. The van der Waals surface area contributed by atoms with Gasteiger partial charge in [-0.05, 0) is 26.8 Å². The highest BCUT2D eigenvalue weighted by Gasteiger charge is 2.18. The van der Waals surface area contributed by atoms with Crippen molar-refractivity contribution in [1.82, 2.24) is 10.2 Å². The van der Waals surface area contributed by atoms with Crippen LogP contribution in [0.5, 0.6) is 0 Å². The SMILES string of the molecule is COC(=O)C(C)=CCNCCN(C)C1CCCC1. The van der Waals surface area contributed by atoms with Crippen LogP contribution in [-0.4, -0.2) is 50.7 Å². The van der Waals surface area contributed by atoms with Crippen LogP contribution in [0.3, 0.4) is 0 Å². The lowest BCUT2D eigenvalue weighted by Crippen LogP contribution is -2.35. The van der Waals surface area contributed by atoms with E-state index in [1.165, 1.54) is 32.8 Å². The van der Waals surface area contributed by atoms with Gasteiger partial charge in [0.25, 0.3) is 0 Å². The van der Waals surface area contributed by atoms with Crippen molar-refractivity contribution in [3.05, 3.63) is 11.6 Å². The first-order valence-corrected chi connectivity index (χ1v) is 6.81. The zero-order valence-electron chi connectivity index (χ0n) is 11.9. The number of methoxy groups -OCH3 is 1. The number of hydrogen-bond donors (Lipinski definition) is 1. The molecule has 0 spiro atoms.